The van der Waals surface area contributed by atoms with E-state index in [1.165, 1.54) is 17.7 Å². The number of H-pyrrole nitrogens is 1. The number of nitrogens with one attached hydrogen (secondary N) is 2. The Balaban J connectivity index is 0.000000640. The van der Waals surface area contributed by atoms with Crippen LogP contribution in [-0.4, -0.2) is 16.5 Å². The van der Waals surface area contributed by atoms with Crippen LogP contribution in [0.5, 0.6) is 0 Å². The molecule has 0 saturated heterocycles. The van der Waals surface area contributed by atoms with E-state index < -0.39 is 0 Å². The Bertz CT molecular complexity index is 493. The van der Waals surface area contributed by atoms with Crippen LogP contribution in [0.15, 0.2) is 12.1 Å². The van der Waals surface area contributed by atoms with Crippen LogP contribution < -0.4 is 5.32 Å². The Morgan fingerprint density at radius 3 is 2.88 bits per heavy atom. The van der Waals surface area contributed by atoms with E-state index in [4.69, 9.17) is 0 Å². The molecule has 0 spiro atoms. The van der Waals surface area contributed by atoms with Crippen molar-refractivity contribution in [3.63, 3.8) is 0 Å². The molecule has 5 heteroatoms. The van der Waals surface area contributed by atoms with E-state index >= 15 is 0 Å². The molecular formula is C11H15Cl2N3. The predicted molar refractivity (Wildman–Crippen MR) is 72.1 cm³/mol. The summed E-state index contributed by atoms with van der Waals surface area (Å²) in [6.45, 7) is 3.09. The highest BCUT2D eigenvalue weighted by Gasteiger charge is 2.13. The molecule has 0 unspecified atom stereocenters. The standard InChI is InChI=1S/C11H13N3.2ClH/c1-7-13-10-5-4-9-8(11(10)14-7)3-2-6-12-9;;/h4-5,12H,2-3,6H2,1H3,(H,13,14);2*1H. The molecule has 2 N–H and O–H groups in total. The molecule has 1 aliphatic heterocycles. The van der Waals surface area contributed by atoms with E-state index in [1.807, 2.05) is 6.92 Å². The molecule has 0 saturated carbocycles. The number of benzene rings is 1. The molecule has 3 nitrogen and oxygen atoms in total. The van der Waals surface area contributed by atoms with Crippen LogP contribution in [0.25, 0.3) is 11.0 Å². The van der Waals surface area contributed by atoms with Gasteiger partial charge in [0.25, 0.3) is 0 Å². The molecule has 0 atom stereocenters. The molecule has 0 aliphatic carbocycles. The van der Waals surface area contributed by atoms with Crippen LogP contribution in [0, 0.1) is 6.92 Å². The van der Waals surface area contributed by atoms with Crippen LogP contribution in [0.1, 0.15) is 17.8 Å². The van der Waals surface area contributed by atoms with Crippen molar-refractivity contribution in [2.45, 2.75) is 19.8 Å². The molecule has 1 aromatic carbocycles. The number of aromatic nitrogens is 2. The first-order valence-corrected chi connectivity index (χ1v) is 5.07. The first-order chi connectivity index (χ1) is 6.84. The zero-order chi connectivity index (χ0) is 9.54. The number of hydrogen-bond acceptors (Lipinski definition) is 2. The Kier molecular flexibility index (Phi) is 4.05. The van der Waals surface area contributed by atoms with Crippen molar-refractivity contribution in [3.05, 3.63) is 23.5 Å². The second-order valence-electron chi connectivity index (χ2n) is 3.84. The lowest BCUT2D eigenvalue weighted by atomic mass is 10.0. The third-order valence-electron chi connectivity index (χ3n) is 2.80. The van der Waals surface area contributed by atoms with Crippen molar-refractivity contribution in [2.75, 3.05) is 11.9 Å². The van der Waals surface area contributed by atoms with Gasteiger partial charge in [-0.25, -0.2) is 4.98 Å². The van der Waals surface area contributed by atoms with Gasteiger partial charge in [-0.15, -0.1) is 24.8 Å². The summed E-state index contributed by atoms with van der Waals surface area (Å²) in [5.74, 6) is 0.999. The molecule has 0 bridgehead atoms. The maximum atomic E-state index is 4.53. The summed E-state index contributed by atoms with van der Waals surface area (Å²) >= 11 is 0. The maximum Gasteiger partial charge on any atom is 0.104 e. The lowest BCUT2D eigenvalue weighted by Gasteiger charge is -2.17. The average molecular weight is 260 g/mol. The van der Waals surface area contributed by atoms with Crippen molar-refractivity contribution in [1.29, 1.82) is 0 Å². The molecule has 88 valence electrons. The highest BCUT2D eigenvalue weighted by Crippen LogP contribution is 2.28. The normalized spacial score (nSPS) is 13.3. The summed E-state index contributed by atoms with van der Waals surface area (Å²) in [4.78, 5) is 7.80. The van der Waals surface area contributed by atoms with Crippen LogP contribution in [0.4, 0.5) is 5.69 Å². The average Bonchev–Trinajstić information content (AvgIpc) is 2.59. The number of imidazole rings is 1. The molecule has 1 aliphatic rings. The number of aryl methyl sites for hydroxylation is 2. The van der Waals surface area contributed by atoms with Gasteiger partial charge in [-0.1, -0.05) is 0 Å². The Morgan fingerprint density at radius 1 is 1.25 bits per heavy atom. The Labute approximate surface area is 107 Å². The Hall–Kier alpha value is -0.930. The smallest absolute Gasteiger partial charge is 0.104 e. The van der Waals surface area contributed by atoms with E-state index in [0.29, 0.717) is 0 Å². The topological polar surface area (TPSA) is 40.7 Å². The van der Waals surface area contributed by atoms with Gasteiger partial charge >= 0.3 is 0 Å². The van der Waals surface area contributed by atoms with Gasteiger partial charge in [-0.3, -0.25) is 0 Å². The minimum Gasteiger partial charge on any atom is -0.385 e. The van der Waals surface area contributed by atoms with Crippen LogP contribution in [0.2, 0.25) is 0 Å². The quantitative estimate of drug-likeness (QED) is 0.764. The summed E-state index contributed by atoms with van der Waals surface area (Å²) < 4.78 is 0. The van der Waals surface area contributed by atoms with Gasteiger partial charge in [0.15, 0.2) is 0 Å². The van der Waals surface area contributed by atoms with Crippen LogP contribution in [-0.2, 0) is 6.42 Å². The number of fused-ring (bicyclic) bond motifs is 3. The summed E-state index contributed by atoms with van der Waals surface area (Å²) in [6.07, 6.45) is 2.35. The first kappa shape index (κ1) is 13.1. The molecule has 2 aromatic rings. The van der Waals surface area contributed by atoms with Crippen molar-refractivity contribution in [3.8, 4) is 0 Å². The second-order valence-corrected chi connectivity index (χ2v) is 3.84. The largest absolute Gasteiger partial charge is 0.385 e. The van der Waals surface area contributed by atoms with Gasteiger partial charge in [-0.05, 0) is 31.9 Å². The van der Waals surface area contributed by atoms with Crippen molar-refractivity contribution in [1.82, 2.24) is 9.97 Å². The summed E-state index contributed by atoms with van der Waals surface area (Å²) in [5.41, 5.74) is 4.94. The van der Waals surface area contributed by atoms with Crippen molar-refractivity contribution >= 4 is 41.5 Å². The van der Waals surface area contributed by atoms with Gasteiger partial charge < -0.3 is 10.3 Å². The fourth-order valence-corrected chi connectivity index (χ4v) is 2.16. The molecule has 1 aromatic heterocycles. The summed E-state index contributed by atoms with van der Waals surface area (Å²) in [5, 5.41) is 3.41. The predicted octanol–water partition coefficient (Wildman–Crippen LogP) is 3.07. The SMILES string of the molecule is Cc1nc2c3c(ccc2[nH]1)NCCC3.Cl.Cl. The molecule has 0 radical (unpaired) electrons. The van der Waals surface area contributed by atoms with E-state index in [0.717, 1.165) is 29.8 Å². The van der Waals surface area contributed by atoms with E-state index in [-0.39, 0.29) is 24.8 Å². The van der Waals surface area contributed by atoms with E-state index in [9.17, 15) is 0 Å². The molecule has 16 heavy (non-hydrogen) atoms. The number of halogens is 2. The first-order valence-electron chi connectivity index (χ1n) is 5.07. The number of aromatic amines is 1. The number of rotatable bonds is 0. The van der Waals surface area contributed by atoms with Crippen LogP contribution in [0.3, 0.4) is 0 Å². The molecule has 2 heterocycles. The van der Waals surface area contributed by atoms with Gasteiger partial charge in [0.2, 0.25) is 0 Å². The lowest BCUT2D eigenvalue weighted by Crippen LogP contribution is -2.11. The third kappa shape index (κ3) is 1.97. The fraction of sp³-hybridized carbons (Fsp3) is 0.364. The van der Waals surface area contributed by atoms with Gasteiger partial charge in [0.1, 0.15) is 5.82 Å². The van der Waals surface area contributed by atoms with Gasteiger partial charge in [0.05, 0.1) is 11.0 Å². The van der Waals surface area contributed by atoms with Gasteiger partial charge in [0, 0.05) is 17.8 Å². The lowest BCUT2D eigenvalue weighted by molar-refractivity contribution is 0.835. The van der Waals surface area contributed by atoms with E-state index in [1.54, 1.807) is 0 Å². The monoisotopic (exact) mass is 259 g/mol. The number of hydrogen-bond donors (Lipinski definition) is 2. The summed E-state index contributed by atoms with van der Waals surface area (Å²) in [6, 6.07) is 4.25. The van der Waals surface area contributed by atoms with E-state index in [2.05, 4.69) is 27.4 Å². The molecule has 3 rings (SSSR count). The zero-order valence-electron chi connectivity index (χ0n) is 9.04. The third-order valence-corrected chi connectivity index (χ3v) is 2.80. The minimum absolute atomic E-state index is 0. The van der Waals surface area contributed by atoms with Crippen molar-refractivity contribution < 1.29 is 0 Å². The zero-order valence-corrected chi connectivity index (χ0v) is 10.7. The highest BCUT2D eigenvalue weighted by atomic mass is 35.5. The Morgan fingerprint density at radius 2 is 2.06 bits per heavy atom. The number of nitrogens with zero attached hydrogens (tertiary/aromatic N) is 1. The number of anilines is 1. The second kappa shape index (κ2) is 4.93. The molecular weight excluding hydrogens is 245 g/mol. The van der Waals surface area contributed by atoms with Crippen LogP contribution >= 0.6 is 24.8 Å². The fourth-order valence-electron chi connectivity index (χ4n) is 2.16. The van der Waals surface area contributed by atoms with Crippen molar-refractivity contribution in [2.24, 2.45) is 0 Å². The molecule has 0 fully saturated rings. The molecule has 0 amide bonds. The van der Waals surface area contributed by atoms with Gasteiger partial charge in [-0.2, -0.15) is 0 Å². The summed E-state index contributed by atoms with van der Waals surface area (Å²) in [7, 11) is 0. The highest BCUT2D eigenvalue weighted by molar-refractivity contribution is 5.86. The maximum absolute atomic E-state index is 4.53. The minimum atomic E-state index is 0.